The Bertz CT molecular complexity index is 958. The van der Waals surface area contributed by atoms with E-state index in [0.717, 1.165) is 28.9 Å². The van der Waals surface area contributed by atoms with E-state index in [0.29, 0.717) is 18.1 Å². The molecule has 0 saturated carbocycles. The van der Waals surface area contributed by atoms with Crippen molar-refractivity contribution in [3.63, 3.8) is 0 Å². The molecule has 0 radical (unpaired) electrons. The van der Waals surface area contributed by atoms with Crippen LogP contribution in [0.3, 0.4) is 0 Å². The van der Waals surface area contributed by atoms with Gasteiger partial charge in [-0.05, 0) is 12.5 Å². The highest BCUT2D eigenvalue weighted by Crippen LogP contribution is 2.30. The molecule has 4 rings (SSSR count). The molecule has 0 bridgehead atoms. The van der Waals surface area contributed by atoms with Crippen molar-refractivity contribution in [1.82, 2.24) is 19.9 Å². The minimum Gasteiger partial charge on any atom is -0.334 e. The first kappa shape index (κ1) is 15.3. The molecule has 4 aromatic rings. The Labute approximate surface area is 145 Å². The van der Waals surface area contributed by atoms with Crippen molar-refractivity contribution in [2.75, 3.05) is 0 Å². The van der Waals surface area contributed by atoms with Crippen LogP contribution in [-0.4, -0.2) is 19.9 Å². The van der Waals surface area contributed by atoms with Gasteiger partial charge in [0.05, 0.1) is 5.56 Å². The molecule has 0 saturated heterocycles. The fourth-order valence-electron chi connectivity index (χ4n) is 2.76. The second-order valence-electron chi connectivity index (χ2n) is 5.79. The summed E-state index contributed by atoms with van der Waals surface area (Å²) < 4.78 is 7.42. The molecule has 0 atom stereocenters. The van der Waals surface area contributed by atoms with Gasteiger partial charge < -0.3 is 4.52 Å². The van der Waals surface area contributed by atoms with Crippen LogP contribution in [0, 0.1) is 0 Å². The molecule has 25 heavy (non-hydrogen) atoms. The molecule has 0 unspecified atom stereocenters. The first-order valence-electron chi connectivity index (χ1n) is 8.33. The average molecular weight is 330 g/mol. The number of nitrogens with zero attached hydrogens (tertiary/aromatic N) is 4. The summed E-state index contributed by atoms with van der Waals surface area (Å²) in [5.41, 5.74) is 3.91. The minimum atomic E-state index is 0.504. The van der Waals surface area contributed by atoms with Crippen LogP contribution in [0.2, 0.25) is 0 Å². The van der Waals surface area contributed by atoms with Crippen molar-refractivity contribution in [3.8, 4) is 22.7 Å². The zero-order chi connectivity index (χ0) is 17.1. The van der Waals surface area contributed by atoms with E-state index in [1.165, 1.54) is 0 Å². The molecular formula is C20H18N4O. The number of benzene rings is 2. The van der Waals surface area contributed by atoms with Gasteiger partial charge in [0, 0.05) is 24.7 Å². The van der Waals surface area contributed by atoms with Crippen LogP contribution in [0.5, 0.6) is 0 Å². The highest BCUT2D eigenvalue weighted by molar-refractivity contribution is 5.76. The van der Waals surface area contributed by atoms with E-state index in [9.17, 15) is 0 Å². The van der Waals surface area contributed by atoms with E-state index in [1.807, 2.05) is 59.4 Å². The summed E-state index contributed by atoms with van der Waals surface area (Å²) in [6, 6.07) is 20.2. The molecular weight excluding hydrogens is 312 g/mol. The second kappa shape index (κ2) is 6.73. The van der Waals surface area contributed by atoms with Crippen molar-refractivity contribution in [3.05, 3.63) is 78.2 Å². The van der Waals surface area contributed by atoms with Gasteiger partial charge in [-0.2, -0.15) is 10.1 Å². The lowest BCUT2D eigenvalue weighted by molar-refractivity contribution is 0.424. The van der Waals surface area contributed by atoms with Gasteiger partial charge >= 0.3 is 0 Å². The topological polar surface area (TPSA) is 56.7 Å². The smallest absolute Gasteiger partial charge is 0.261 e. The van der Waals surface area contributed by atoms with Crippen LogP contribution in [0.15, 0.2) is 71.4 Å². The highest BCUT2D eigenvalue weighted by Gasteiger charge is 2.18. The molecule has 124 valence electrons. The van der Waals surface area contributed by atoms with Gasteiger partial charge in [0.2, 0.25) is 0 Å². The van der Waals surface area contributed by atoms with Gasteiger partial charge in [-0.3, -0.25) is 4.68 Å². The molecule has 5 nitrogen and oxygen atoms in total. The molecule has 5 heteroatoms. The Morgan fingerprint density at radius 1 is 0.960 bits per heavy atom. The van der Waals surface area contributed by atoms with E-state index in [1.54, 1.807) is 0 Å². The summed E-state index contributed by atoms with van der Waals surface area (Å²) in [6.07, 6.45) is 2.61. The van der Waals surface area contributed by atoms with Crippen molar-refractivity contribution in [2.45, 2.75) is 19.9 Å². The molecule has 0 aliphatic heterocycles. The van der Waals surface area contributed by atoms with E-state index < -0.39 is 0 Å². The molecule has 0 fully saturated rings. The largest absolute Gasteiger partial charge is 0.334 e. The fraction of sp³-hybridized carbons (Fsp3) is 0.150. The monoisotopic (exact) mass is 330 g/mol. The predicted octanol–water partition coefficient (Wildman–Crippen LogP) is 4.21. The highest BCUT2D eigenvalue weighted by atomic mass is 16.5. The van der Waals surface area contributed by atoms with Gasteiger partial charge in [0.1, 0.15) is 5.69 Å². The molecule has 0 spiro atoms. The average Bonchev–Trinajstić information content (AvgIpc) is 3.30. The number of aromatic nitrogens is 4. The van der Waals surface area contributed by atoms with E-state index in [2.05, 4.69) is 34.3 Å². The van der Waals surface area contributed by atoms with Gasteiger partial charge in [-0.15, -0.1) is 0 Å². The summed E-state index contributed by atoms with van der Waals surface area (Å²) in [4.78, 5) is 4.58. The zero-order valence-electron chi connectivity index (χ0n) is 14.0. The second-order valence-corrected chi connectivity index (χ2v) is 5.79. The summed E-state index contributed by atoms with van der Waals surface area (Å²) >= 11 is 0. The number of hydrogen-bond donors (Lipinski definition) is 0. The molecule has 2 aromatic heterocycles. The van der Waals surface area contributed by atoms with Gasteiger partial charge in [0.25, 0.3) is 5.89 Å². The van der Waals surface area contributed by atoms with Gasteiger partial charge in [-0.1, -0.05) is 65.8 Å². The van der Waals surface area contributed by atoms with Gasteiger partial charge in [0.15, 0.2) is 5.82 Å². The molecule has 2 aromatic carbocycles. The normalized spacial score (nSPS) is 10.9. The van der Waals surface area contributed by atoms with Crippen molar-refractivity contribution in [2.24, 2.45) is 0 Å². The molecule has 0 aliphatic carbocycles. The molecule has 0 aliphatic rings. The number of rotatable bonds is 5. The Kier molecular flexibility index (Phi) is 4.12. The van der Waals surface area contributed by atoms with Crippen molar-refractivity contribution in [1.29, 1.82) is 0 Å². The summed E-state index contributed by atoms with van der Waals surface area (Å²) in [5, 5.41) is 8.79. The third kappa shape index (κ3) is 3.21. The fourth-order valence-corrected chi connectivity index (χ4v) is 2.76. The third-order valence-electron chi connectivity index (χ3n) is 4.04. The van der Waals surface area contributed by atoms with E-state index in [-0.39, 0.29) is 0 Å². The van der Waals surface area contributed by atoms with Crippen LogP contribution in [0.25, 0.3) is 22.7 Å². The number of aryl methyl sites for hydroxylation is 1. The third-order valence-corrected chi connectivity index (χ3v) is 4.04. The Morgan fingerprint density at radius 2 is 1.68 bits per heavy atom. The Balaban J connectivity index is 1.69. The van der Waals surface area contributed by atoms with E-state index in [4.69, 9.17) is 4.52 Å². The molecule has 0 N–H and O–H groups in total. The standard InChI is InChI=1S/C20H18N4O/c1-2-24-14-17(19(22-24)16-11-7-4-8-12-16)20-21-18(23-25-20)13-15-9-5-3-6-10-15/h3-12,14H,2,13H2,1H3. The zero-order valence-corrected chi connectivity index (χ0v) is 14.0. The minimum absolute atomic E-state index is 0.504. The van der Waals surface area contributed by atoms with Crippen LogP contribution >= 0.6 is 0 Å². The van der Waals surface area contributed by atoms with E-state index >= 15 is 0 Å². The van der Waals surface area contributed by atoms with Crippen molar-refractivity contribution < 1.29 is 4.52 Å². The summed E-state index contributed by atoms with van der Waals surface area (Å²) in [7, 11) is 0. The quantitative estimate of drug-likeness (QED) is 0.550. The van der Waals surface area contributed by atoms with Crippen LogP contribution in [0.4, 0.5) is 0 Å². The summed E-state index contributed by atoms with van der Waals surface area (Å²) in [5.74, 6) is 1.17. The number of hydrogen-bond acceptors (Lipinski definition) is 4. The maximum atomic E-state index is 5.53. The lowest BCUT2D eigenvalue weighted by Gasteiger charge is -1.98. The SMILES string of the molecule is CCn1cc(-c2nc(Cc3ccccc3)no2)c(-c2ccccc2)n1. The lowest BCUT2D eigenvalue weighted by Crippen LogP contribution is -1.93. The van der Waals surface area contributed by atoms with Gasteiger partial charge in [-0.25, -0.2) is 0 Å². The van der Waals surface area contributed by atoms with Crippen molar-refractivity contribution >= 4 is 0 Å². The first-order valence-corrected chi connectivity index (χ1v) is 8.33. The predicted molar refractivity (Wildman–Crippen MR) is 95.9 cm³/mol. The maximum Gasteiger partial charge on any atom is 0.261 e. The maximum absolute atomic E-state index is 5.53. The van der Waals surface area contributed by atoms with Crippen LogP contribution < -0.4 is 0 Å². The Hall–Kier alpha value is -3.21. The molecule has 0 amide bonds. The van der Waals surface area contributed by atoms with Crippen LogP contribution in [-0.2, 0) is 13.0 Å². The van der Waals surface area contributed by atoms with Crippen LogP contribution in [0.1, 0.15) is 18.3 Å². The Morgan fingerprint density at radius 3 is 2.40 bits per heavy atom. The lowest BCUT2D eigenvalue weighted by atomic mass is 10.1. The molecule has 2 heterocycles. The summed E-state index contributed by atoms with van der Waals surface area (Å²) in [6.45, 7) is 2.84. The first-order chi connectivity index (χ1) is 12.3.